The second kappa shape index (κ2) is 9.77. The van der Waals surface area contributed by atoms with Crippen LogP contribution in [0.3, 0.4) is 0 Å². The number of carbonyl (C=O) groups is 1. The molecule has 0 saturated carbocycles. The molecule has 7 nitrogen and oxygen atoms in total. The van der Waals surface area contributed by atoms with E-state index in [-0.39, 0.29) is 12.6 Å². The van der Waals surface area contributed by atoms with Gasteiger partial charge in [0.2, 0.25) is 0 Å². The van der Waals surface area contributed by atoms with Crippen LogP contribution in [0.15, 0.2) is 39.4 Å². The molecule has 3 rings (SSSR count). The maximum absolute atomic E-state index is 12.3. The summed E-state index contributed by atoms with van der Waals surface area (Å²) in [5, 5.41) is 12.1. The van der Waals surface area contributed by atoms with Crippen molar-refractivity contribution in [2.75, 3.05) is 6.54 Å². The number of aryl methyl sites for hydroxylation is 2. The van der Waals surface area contributed by atoms with Crippen molar-refractivity contribution in [1.82, 2.24) is 24.9 Å². The van der Waals surface area contributed by atoms with Gasteiger partial charge in [0.25, 0.3) is 5.91 Å². The van der Waals surface area contributed by atoms with Gasteiger partial charge in [-0.3, -0.25) is 9.48 Å². The number of ether oxygens (including phenoxy) is 1. The van der Waals surface area contributed by atoms with Crippen molar-refractivity contribution in [1.29, 1.82) is 0 Å². The Labute approximate surface area is 190 Å². The number of aromatic nitrogens is 4. The van der Waals surface area contributed by atoms with E-state index in [0.717, 1.165) is 33.3 Å². The van der Waals surface area contributed by atoms with Crippen LogP contribution in [-0.2, 0) is 13.3 Å². The van der Waals surface area contributed by atoms with Crippen LogP contribution in [0.2, 0.25) is 5.02 Å². The average molecular weight is 546 g/mol. The predicted octanol–water partition coefficient (Wildman–Crippen LogP) is 4.73. The second-order valence-corrected chi connectivity index (χ2v) is 8.52. The first-order valence-corrected chi connectivity index (χ1v) is 10.9. The Morgan fingerprint density at radius 3 is 2.72 bits per heavy atom. The summed E-state index contributed by atoms with van der Waals surface area (Å²) in [4.78, 5) is 12.3. The van der Waals surface area contributed by atoms with Crippen LogP contribution in [0.1, 0.15) is 28.3 Å². The summed E-state index contributed by atoms with van der Waals surface area (Å²) >= 11 is 13.0. The molecule has 2 aromatic heterocycles. The molecule has 0 aliphatic heterocycles. The van der Waals surface area contributed by atoms with Gasteiger partial charge in [0.05, 0.1) is 15.2 Å². The van der Waals surface area contributed by atoms with Crippen LogP contribution in [0, 0.1) is 13.8 Å². The van der Waals surface area contributed by atoms with Gasteiger partial charge in [-0.2, -0.15) is 10.2 Å². The minimum atomic E-state index is -0.222. The molecule has 1 aromatic carbocycles. The zero-order chi connectivity index (χ0) is 21.0. The van der Waals surface area contributed by atoms with Gasteiger partial charge in [-0.15, -0.1) is 0 Å². The number of carbonyl (C=O) groups excluding carboxylic acids is 1. The zero-order valence-electron chi connectivity index (χ0n) is 16.0. The highest BCUT2D eigenvalue weighted by atomic mass is 79.9. The quantitative estimate of drug-likeness (QED) is 0.416. The van der Waals surface area contributed by atoms with Gasteiger partial charge in [-0.25, -0.2) is 4.68 Å². The minimum absolute atomic E-state index is 0.154. The lowest BCUT2D eigenvalue weighted by Gasteiger charge is -2.08. The number of rotatable bonds is 8. The van der Waals surface area contributed by atoms with Crippen LogP contribution < -0.4 is 10.1 Å². The molecule has 3 aromatic rings. The number of nitrogens with zero attached hydrogens (tertiary/aromatic N) is 4. The first kappa shape index (κ1) is 21.9. The van der Waals surface area contributed by atoms with Crippen molar-refractivity contribution in [2.45, 2.75) is 33.5 Å². The third kappa shape index (κ3) is 5.61. The minimum Gasteiger partial charge on any atom is -0.470 e. The Hall–Kier alpha value is -1.84. The Morgan fingerprint density at radius 1 is 1.24 bits per heavy atom. The van der Waals surface area contributed by atoms with E-state index in [0.29, 0.717) is 23.0 Å². The van der Waals surface area contributed by atoms with E-state index < -0.39 is 0 Å². The van der Waals surface area contributed by atoms with Crippen LogP contribution in [0.5, 0.6) is 5.75 Å². The number of hydrogen-bond donors (Lipinski definition) is 1. The molecule has 1 amide bonds. The third-order valence-corrected chi connectivity index (χ3v) is 6.18. The summed E-state index contributed by atoms with van der Waals surface area (Å²) in [5.41, 5.74) is 2.38. The largest absolute Gasteiger partial charge is 0.470 e. The van der Waals surface area contributed by atoms with E-state index in [1.54, 1.807) is 29.1 Å². The Morgan fingerprint density at radius 2 is 2.03 bits per heavy atom. The van der Waals surface area contributed by atoms with Crippen LogP contribution >= 0.6 is 43.5 Å². The fourth-order valence-corrected chi connectivity index (χ4v) is 3.71. The van der Waals surface area contributed by atoms with Crippen LogP contribution in [0.4, 0.5) is 0 Å². The molecule has 0 unspecified atom stereocenters. The van der Waals surface area contributed by atoms with Crippen molar-refractivity contribution in [2.24, 2.45) is 0 Å². The van der Waals surface area contributed by atoms with E-state index in [9.17, 15) is 4.79 Å². The van der Waals surface area contributed by atoms with Crippen LogP contribution in [0.25, 0.3) is 0 Å². The predicted molar refractivity (Wildman–Crippen MR) is 118 cm³/mol. The standard InChI is InChI=1S/C19H20Br2ClN5O2/c1-12-18(21)13(2)27(24-12)8-3-7-23-19(28)16-6-9-26(25-16)11-29-17-5-4-14(20)10-15(17)22/h4-6,9-10H,3,7-8,11H2,1-2H3,(H,23,28). The van der Waals surface area contributed by atoms with E-state index in [1.165, 1.54) is 0 Å². The summed E-state index contributed by atoms with van der Waals surface area (Å²) in [6.45, 7) is 5.39. The molecule has 2 heterocycles. The molecule has 0 spiro atoms. The molecule has 0 fully saturated rings. The third-order valence-electron chi connectivity index (χ3n) is 4.24. The molecule has 10 heteroatoms. The SMILES string of the molecule is Cc1nn(CCCNC(=O)c2ccn(COc3ccc(Br)cc3Cl)n2)c(C)c1Br. The molecule has 0 bridgehead atoms. The molecular formula is C19H20Br2ClN5O2. The molecule has 0 aliphatic carbocycles. The van der Waals surface area contributed by atoms with Gasteiger partial charge in [0, 0.05) is 29.5 Å². The van der Waals surface area contributed by atoms with E-state index >= 15 is 0 Å². The normalized spacial score (nSPS) is 10.9. The van der Waals surface area contributed by atoms with E-state index in [2.05, 4.69) is 47.4 Å². The molecule has 0 saturated heterocycles. The summed E-state index contributed by atoms with van der Waals surface area (Å²) in [7, 11) is 0. The lowest BCUT2D eigenvalue weighted by molar-refractivity contribution is 0.0945. The number of halogens is 3. The monoisotopic (exact) mass is 543 g/mol. The molecular weight excluding hydrogens is 526 g/mol. The molecule has 0 atom stereocenters. The lowest BCUT2D eigenvalue weighted by atomic mass is 10.3. The van der Waals surface area contributed by atoms with Crippen molar-refractivity contribution < 1.29 is 9.53 Å². The molecule has 1 N–H and O–H groups in total. The van der Waals surface area contributed by atoms with Gasteiger partial charge < -0.3 is 10.1 Å². The summed E-state index contributed by atoms with van der Waals surface area (Å²) in [6, 6.07) is 7.02. The molecule has 29 heavy (non-hydrogen) atoms. The summed E-state index contributed by atoms with van der Waals surface area (Å²) < 4.78 is 11.0. The average Bonchev–Trinajstić information content (AvgIpc) is 3.25. The Kier molecular flexibility index (Phi) is 7.37. The number of benzene rings is 1. The first-order chi connectivity index (χ1) is 13.8. The summed E-state index contributed by atoms with van der Waals surface area (Å²) in [5.74, 6) is 0.326. The number of hydrogen-bond acceptors (Lipinski definition) is 4. The highest BCUT2D eigenvalue weighted by Crippen LogP contribution is 2.27. The highest BCUT2D eigenvalue weighted by Gasteiger charge is 2.11. The van der Waals surface area contributed by atoms with Gasteiger partial charge in [0.1, 0.15) is 11.4 Å². The Bertz CT molecular complexity index is 1020. The van der Waals surface area contributed by atoms with Crippen molar-refractivity contribution in [3.8, 4) is 5.75 Å². The second-order valence-electron chi connectivity index (χ2n) is 6.41. The van der Waals surface area contributed by atoms with Crippen LogP contribution in [-0.4, -0.2) is 32.0 Å². The zero-order valence-corrected chi connectivity index (χ0v) is 19.9. The fourth-order valence-electron chi connectivity index (χ4n) is 2.70. The van der Waals surface area contributed by atoms with Crippen molar-refractivity contribution >= 4 is 49.4 Å². The molecule has 0 aliphatic rings. The maximum atomic E-state index is 12.3. The maximum Gasteiger partial charge on any atom is 0.271 e. The topological polar surface area (TPSA) is 74.0 Å². The van der Waals surface area contributed by atoms with Gasteiger partial charge in [-0.05, 0) is 60.5 Å². The van der Waals surface area contributed by atoms with E-state index in [4.69, 9.17) is 16.3 Å². The lowest BCUT2D eigenvalue weighted by Crippen LogP contribution is -2.26. The Balaban J connectivity index is 1.45. The van der Waals surface area contributed by atoms with Crippen molar-refractivity contribution in [3.05, 3.63) is 61.5 Å². The molecule has 154 valence electrons. The highest BCUT2D eigenvalue weighted by molar-refractivity contribution is 9.10. The smallest absolute Gasteiger partial charge is 0.271 e. The van der Waals surface area contributed by atoms with Gasteiger partial charge >= 0.3 is 0 Å². The first-order valence-electron chi connectivity index (χ1n) is 8.94. The van der Waals surface area contributed by atoms with Gasteiger partial charge in [0.15, 0.2) is 6.73 Å². The fraction of sp³-hybridized carbons (Fsp3) is 0.316. The summed E-state index contributed by atoms with van der Waals surface area (Å²) in [6.07, 6.45) is 2.46. The molecule has 0 radical (unpaired) electrons. The van der Waals surface area contributed by atoms with Crippen molar-refractivity contribution in [3.63, 3.8) is 0 Å². The number of nitrogens with one attached hydrogen (secondary N) is 1. The van der Waals surface area contributed by atoms with Gasteiger partial charge in [-0.1, -0.05) is 27.5 Å². The number of amides is 1. The van der Waals surface area contributed by atoms with E-state index in [1.807, 2.05) is 24.6 Å².